The van der Waals surface area contributed by atoms with Crippen molar-refractivity contribution < 1.29 is 4.79 Å². The van der Waals surface area contributed by atoms with Crippen molar-refractivity contribution in [2.75, 3.05) is 18.5 Å². The van der Waals surface area contributed by atoms with Gasteiger partial charge in [-0.2, -0.15) is 11.8 Å². The van der Waals surface area contributed by atoms with E-state index in [1.807, 2.05) is 11.8 Å². The Balaban J connectivity index is 2.04. The Morgan fingerprint density at radius 2 is 2.16 bits per heavy atom. The topological polar surface area (TPSA) is 55.1 Å². The van der Waals surface area contributed by atoms with E-state index in [0.717, 1.165) is 12.8 Å². The van der Waals surface area contributed by atoms with Crippen LogP contribution in [-0.4, -0.2) is 23.5 Å². The average Bonchev–Trinajstić information content (AvgIpc) is 2.34. The van der Waals surface area contributed by atoms with Crippen LogP contribution < -0.4 is 11.1 Å². The maximum Gasteiger partial charge on any atom is 0.251 e. The van der Waals surface area contributed by atoms with Crippen LogP contribution in [0.4, 0.5) is 5.69 Å². The van der Waals surface area contributed by atoms with E-state index in [2.05, 4.69) is 11.6 Å². The summed E-state index contributed by atoms with van der Waals surface area (Å²) in [6, 6.07) is 3.10. The molecule has 0 atom stereocenters. The first-order valence-corrected chi connectivity index (χ1v) is 8.03. The van der Waals surface area contributed by atoms with Gasteiger partial charge in [0, 0.05) is 16.9 Å². The first kappa shape index (κ1) is 14.8. The first-order valence-electron chi connectivity index (χ1n) is 6.05. The van der Waals surface area contributed by atoms with Gasteiger partial charge in [-0.1, -0.05) is 29.6 Å². The van der Waals surface area contributed by atoms with Crippen molar-refractivity contribution in [3.05, 3.63) is 27.7 Å². The van der Waals surface area contributed by atoms with E-state index < -0.39 is 0 Å². The largest absolute Gasteiger partial charge is 0.397 e. The summed E-state index contributed by atoms with van der Waals surface area (Å²) in [5.41, 5.74) is 6.47. The number of halogens is 2. The summed E-state index contributed by atoms with van der Waals surface area (Å²) < 4.78 is 0.206. The number of carbonyl (C=O) groups excluding carboxylic acids is 1. The molecular weight excluding hydrogens is 303 g/mol. The van der Waals surface area contributed by atoms with Crippen LogP contribution in [0.2, 0.25) is 10.0 Å². The zero-order valence-electron chi connectivity index (χ0n) is 10.6. The predicted molar refractivity (Wildman–Crippen MR) is 83.3 cm³/mol. The van der Waals surface area contributed by atoms with Crippen LogP contribution in [0.5, 0.6) is 0 Å². The van der Waals surface area contributed by atoms with Gasteiger partial charge in [0.25, 0.3) is 5.91 Å². The van der Waals surface area contributed by atoms with Crippen molar-refractivity contribution in [3.63, 3.8) is 0 Å². The molecule has 0 heterocycles. The number of nitrogens with two attached hydrogens (primary N) is 1. The summed E-state index contributed by atoms with van der Waals surface area (Å²) in [6.45, 7) is 0.674. The molecule has 0 aromatic heterocycles. The second-order valence-corrected chi connectivity index (χ2v) is 6.84. The molecule has 1 aromatic rings. The zero-order chi connectivity index (χ0) is 14.0. The van der Waals surface area contributed by atoms with E-state index in [-0.39, 0.29) is 15.7 Å². The van der Waals surface area contributed by atoms with Crippen molar-refractivity contribution in [1.29, 1.82) is 0 Å². The maximum absolute atomic E-state index is 12.1. The summed E-state index contributed by atoms with van der Waals surface area (Å²) in [7, 11) is 0. The van der Waals surface area contributed by atoms with E-state index in [0.29, 0.717) is 22.8 Å². The molecule has 2 rings (SSSR count). The summed E-state index contributed by atoms with van der Waals surface area (Å²) >= 11 is 13.6. The van der Waals surface area contributed by atoms with E-state index in [1.54, 1.807) is 12.1 Å². The van der Waals surface area contributed by atoms with E-state index in [9.17, 15) is 4.79 Å². The predicted octanol–water partition coefficient (Wildman–Crippen LogP) is 3.59. The minimum atomic E-state index is -0.161. The van der Waals surface area contributed by atoms with Crippen LogP contribution in [0.3, 0.4) is 0 Å². The molecule has 6 heteroatoms. The van der Waals surface area contributed by atoms with Crippen LogP contribution >= 0.6 is 35.0 Å². The Labute approximate surface area is 127 Å². The SMILES string of the molecule is CSC1(CNC(=O)c2cc(N)c(Cl)c(Cl)c2)CCC1. The number of nitrogens with one attached hydrogen (secondary N) is 1. The lowest BCUT2D eigenvalue weighted by Gasteiger charge is -2.40. The first-order chi connectivity index (χ1) is 8.97. The third-order valence-electron chi connectivity index (χ3n) is 3.59. The lowest BCUT2D eigenvalue weighted by molar-refractivity contribution is 0.0944. The third kappa shape index (κ3) is 3.12. The highest BCUT2D eigenvalue weighted by molar-refractivity contribution is 8.00. The van der Waals surface area contributed by atoms with Crippen molar-refractivity contribution in [3.8, 4) is 0 Å². The lowest BCUT2D eigenvalue weighted by atomic mass is 9.84. The number of hydrogen-bond donors (Lipinski definition) is 2. The summed E-state index contributed by atoms with van der Waals surface area (Å²) in [5, 5.41) is 3.54. The van der Waals surface area contributed by atoms with Crippen molar-refractivity contribution in [1.82, 2.24) is 5.32 Å². The number of carbonyl (C=O) groups is 1. The molecule has 1 aliphatic rings. The number of hydrogen-bond acceptors (Lipinski definition) is 3. The van der Waals surface area contributed by atoms with Crippen molar-refractivity contribution in [2.24, 2.45) is 0 Å². The minimum Gasteiger partial charge on any atom is -0.397 e. The van der Waals surface area contributed by atoms with Gasteiger partial charge in [-0.3, -0.25) is 4.79 Å². The Kier molecular flexibility index (Phi) is 4.54. The van der Waals surface area contributed by atoms with E-state index in [4.69, 9.17) is 28.9 Å². The highest BCUT2D eigenvalue weighted by Crippen LogP contribution is 2.42. The summed E-state index contributed by atoms with van der Waals surface area (Å²) in [5.74, 6) is -0.161. The quantitative estimate of drug-likeness (QED) is 0.834. The van der Waals surface area contributed by atoms with Gasteiger partial charge < -0.3 is 11.1 Å². The second-order valence-electron chi connectivity index (χ2n) is 4.78. The molecule has 3 N–H and O–H groups in total. The zero-order valence-corrected chi connectivity index (χ0v) is 13.0. The molecule has 0 bridgehead atoms. The van der Waals surface area contributed by atoms with Gasteiger partial charge in [0.2, 0.25) is 0 Å². The summed E-state index contributed by atoms with van der Waals surface area (Å²) in [4.78, 5) is 12.1. The molecule has 1 saturated carbocycles. The third-order valence-corrected chi connectivity index (χ3v) is 5.82. The number of anilines is 1. The molecule has 1 aromatic carbocycles. The van der Waals surface area contributed by atoms with Crippen molar-refractivity contribution >= 4 is 46.6 Å². The molecule has 3 nitrogen and oxygen atoms in total. The molecule has 0 aliphatic heterocycles. The fourth-order valence-corrected chi connectivity index (χ4v) is 3.36. The molecule has 0 spiro atoms. The molecule has 104 valence electrons. The van der Waals surface area contributed by atoms with Gasteiger partial charge >= 0.3 is 0 Å². The average molecular weight is 319 g/mol. The lowest BCUT2D eigenvalue weighted by Crippen LogP contribution is -2.45. The van der Waals surface area contributed by atoms with Gasteiger partial charge in [0.15, 0.2) is 0 Å². The van der Waals surface area contributed by atoms with Gasteiger partial charge in [-0.05, 0) is 31.2 Å². The Hall–Kier alpha value is -0.580. The maximum atomic E-state index is 12.1. The molecule has 0 unspecified atom stereocenters. The van der Waals surface area contributed by atoms with E-state index >= 15 is 0 Å². The van der Waals surface area contributed by atoms with Crippen LogP contribution in [-0.2, 0) is 0 Å². The van der Waals surface area contributed by atoms with Crippen LogP contribution in [0.15, 0.2) is 12.1 Å². The van der Waals surface area contributed by atoms with Gasteiger partial charge in [0.1, 0.15) is 0 Å². The van der Waals surface area contributed by atoms with E-state index in [1.165, 1.54) is 6.42 Å². The number of amides is 1. The van der Waals surface area contributed by atoms with Crippen LogP contribution in [0, 0.1) is 0 Å². The highest BCUT2D eigenvalue weighted by atomic mass is 35.5. The number of benzene rings is 1. The monoisotopic (exact) mass is 318 g/mol. The van der Waals surface area contributed by atoms with Crippen LogP contribution in [0.25, 0.3) is 0 Å². The molecule has 19 heavy (non-hydrogen) atoms. The van der Waals surface area contributed by atoms with Gasteiger partial charge in [-0.15, -0.1) is 0 Å². The molecule has 0 radical (unpaired) electrons. The molecule has 1 amide bonds. The number of thioether (sulfide) groups is 1. The van der Waals surface area contributed by atoms with Gasteiger partial charge in [-0.25, -0.2) is 0 Å². The second kappa shape index (κ2) is 5.81. The van der Waals surface area contributed by atoms with Crippen LogP contribution in [0.1, 0.15) is 29.6 Å². The minimum absolute atomic E-state index is 0.161. The number of nitrogen functional groups attached to an aromatic ring is 1. The van der Waals surface area contributed by atoms with Gasteiger partial charge in [0.05, 0.1) is 15.7 Å². The van der Waals surface area contributed by atoms with Crippen molar-refractivity contribution in [2.45, 2.75) is 24.0 Å². The fourth-order valence-electron chi connectivity index (χ4n) is 2.11. The Morgan fingerprint density at radius 3 is 2.63 bits per heavy atom. The molecule has 1 fully saturated rings. The molecule has 1 aliphatic carbocycles. The molecule has 0 saturated heterocycles. The molecular formula is C13H16Cl2N2OS. The normalized spacial score (nSPS) is 16.8. The highest BCUT2D eigenvalue weighted by Gasteiger charge is 2.36. The Bertz CT molecular complexity index is 475. The Morgan fingerprint density at radius 1 is 1.47 bits per heavy atom. The standard InChI is InChI=1S/C13H16Cl2N2OS/c1-19-13(3-2-4-13)7-17-12(18)8-5-9(14)11(15)10(16)6-8/h5-6H,2-4,7,16H2,1H3,(H,17,18). The fraction of sp³-hybridized carbons (Fsp3) is 0.462. The smallest absolute Gasteiger partial charge is 0.251 e. The summed E-state index contributed by atoms with van der Waals surface area (Å²) in [6.07, 6.45) is 5.62. The number of rotatable bonds is 4.